The third kappa shape index (κ3) is 7.53. The molecular weight excluding hydrogens is 396 g/mol. The lowest BCUT2D eigenvalue weighted by atomic mass is 9.87. The van der Waals surface area contributed by atoms with Crippen LogP contribution in [0.2, 0.25) is 0 Å². The van der Waals surface area contributed by atoms with Crippen molar-refractivity contribution < 1.29 is 28.6 Å². The first-order chi connectivity index (χ1) is 13.7. The van der Waals surface area contributed by atoms with Crippen molar-refractivity contribution in [2.75, 3.05) is 25.6 Å². The van der Waals surface area contributed by atoms with Crippen LogP contribution < -0.4 is 10.1 Å². The van der Waals surface area contributed by atoms with Crippen molar-refractivity contribution in [1.29, 1.82) is 0 Å². The lowest BCUT2D eigenvalue weighted by Crippen LogP contribution is -2.23. The summed E-state index contributed by atoms with van der Waals surface area (Å²) in [5.41, 5.74) is 1.67. The molecule has 0 aliphatic carbocycles. The number of esters is 2. The number of ether oxygens (including phenoxy) is 3. The summed E-state index contributed by atoms with van der Waals surface area (Å²) in [6, 6.07) is 7.46. The van der Waals surface area contributed by atoms with Crippen molar-refractivity contribution in [2.24, 2.45) is 0 Å². The molecule has 29 heavy (non-hydrogen) atoms. The number of benzene rings is 1. The van der Waals surface area contributed by atoms with E-state index in [0.717, 1.165) is 16.9 Å². The fourth-order valence-electron chi connectivity index (χ4n) is 2.20. The Bertz CT molecular complexity index is 855. The van der Waals surface area contributed by atoms with Crippen LogP contribution in [0.25, 0.3) is 0 Å². The predicted octanol–water partition coefficient (Wildman–Crippen LogP) is 2.72. The zero-order valence-corrected chi connectivity index (χ0v) is 17.6. The first-order valence-corrected chi connectivity index (χ1v) is 9.75. The molecule has 0 aliphatic heterocycles. The average molecular weight is 420 g/mol. The van der Waals surface area contributed by atoms with Crippen LogP contribution in [0, 0.1) is 0 Å². The summed E-state index contributed by atoms with van der Waals surface area (Å²) >= 11 is 1.16. The molecule has 1 amide bonds. The second-order valence-electron chi connectivity index (χ2n) is 7.17. The number of anilines is 1. The smallest absolute Gasteiger partial charge is 0.344 e. The van der Waals surface area contributed by atoms with Gasteiger partial charge in [-0.2, -0.15) is 0 Å². The van der Waals surface area contributed by atoms with Crippen molar-refractivity contribution in [3.8, 4) is 5.75 Å². The van der Waals surface area contributed by atoms with Gasteiger partial charge < -0.3 is 14.2 Å². The fourth-order valence-corrected chi connectivity index (χ4v) is 2.93. The van der Waals surface area contributed by atoms with Gasteiger partial charge in [0.05, 0.1) is 19.2 Å². The van der Waals surface area contributed by atoms with Gasteiger partial charge in [0.15, 0.2) is 18.3 Å². The van der Waals surface area contributed by atoms with Gasteiger partial charge in [0.2, 0.25) is 0 Å². The third-order valence-electron chi connectivity index (χ3n) is 3.79. The highest BCUT2D eigenvalue weighted by Crippen LogP contribution is 2.24. The number of aromatic nitrogens is 1. The summed E-state index contributed by atoms with van der Waals surface area (Å²) in [5.74, 6) is -1.08. The average Bonchev–Trinajstić information content (AvgIpc) is 3.10. The van der Waals surface area contributed by atoms with Gasteiger partial charge in [-0.05, 0) is 23.1 Å². The second kappa shape index (κ2) is 10.0. The van der Waals surface area contributed by atoms with E-state index in [4.69, 9.17) is 9.47 Å². The Balaban J connectivity index is 1.72. The van der Waals surface area contributed by atoms with Gasteiger partial charge in [-0.3, -0.25) is 14.9 Å². The molecule has 0 atom stereocenters. The van der Waals surface area contributed by atoms with Crippen LogP contribution in [-0.4, -0.2) is 43.2 Å². The van der Waals surface area contributed by atoms with E-state index in [1.165, 1.54) is 7.11 Å². The summed E-state index contributed by atoms with van der Waals surface area (Å²) < 4.78 is 14.8. The molecule has 1 aromatic heterocycles. The molecule has 0 spiro atoms. The minimum absolute atomic E-state index is 0.0198. The topological polar surface area (TPSA) is 104 Å². The Labute approximate surface area is 173 Å². The highest BCUT2D eigenvalue weighted by molar-refractivity contribution is 7.13. The van der Waals surface area contributed by atoms with Crippen LogP contribution in [0.1, 0.15) is 32.0 Å². The summed E-state index contributed by atoms with van der Waals surface area (Å²) in [5, 5.41) is 4.44. The Morgan fingerprint density at radius 2 is 1.76 bits per heavy atom. The van der Waals surface area contributed by atoms with Crippen LogP contribution in [0.4, 0.5) is 5.13 Å². The van der Waals surface area contributed by atoms with Gasteiger partial charge in [0, 0.05) is 5.38 Å². The molecule has 1 N–H and O–H groups in total. The predicted molar refractivity (Wildman–Crippen MR) is 108 cm³/mol. The van der Waals surface area contributed by atoms with Crippen molar-refractivity contribution in [2.45, 2.75) is 32.6 Å². The van der Waals surface area contributed by atoms with Crippen LogP contribution >= 0.6 is 11.3 Å². The number of carbonyl (C=O) groups is 3. The van der Waals surface area contributed by atoms with Crippen molar-refractivity contribution in [3.63, 3.8) is 0 Å². The number of amides is 1. The molecule has 0 aliphatic rings. The molecular formula is C20H24N2O6S. The van der Waals surface area contributed by atoms with Gasteiger partial charge in [-0.1, -0.05) is 32.9 Å². The summed E-state index contributed by atoms with van der Waals surface area (Å²) in [6.45, 7) is 5.56. The van der Waals surface area contributed by atoms with Gasteiger partial charge in [0.1, 0.15) is 5.75 Å². The Morgan fingerprint density at radius 3 is 2.38 bits per heavy atom. The minimum Gasteiger partial charge on any atom is -0.482 e. The first kappa shape index (κ1) is 22.4. The normalized spacial score (nSPS) is 10.9. The molecule has 0 unspecified atom stereocenters. The van der Waals surface area contributed by atoms with Crippen LogP contribution in [-0.2, 0) is 35.7 Å². The maximum absolute atomic E-state index is 11.9. The Morgan fingerprint density at radius 1 is 1.07 bits per heavy atom. The molecule has 1 aromatic carbocycles. The van der Waals surface area contributed by atoms with E-state index in [1.807, 2.05) is 12.1 Å². The molecule has 2 aromatic rings. The summed E-state index contributed by atoms with van der Waals surface area (Å²) in [7, 11) is 1.29. The van der Waals surface area contributed by atoms with Crippen LogP contribution in [0.5, 0.6) is 5.75 Å². The minimum atomic E-state index is -0.662. The standard InChI is InChI=1S/C20H24N2O6S/c1-20(2,3)13-5-7-15(8-6-13)27-11-18(25)28-10-16(23)22-19-21-14(12-29-19)9-17(24)26-4/h5-8,12H,9-11H2,1-4H3,(H,21,22,23). The zero-order chi connectivity index (χ0) is 21.4. The third-order valence-corrected chi connectivity index (χ3v) is 4.60. The molecule has 1 heterocycles. The number of rotatable bonds is 8. The van der Waals surface area contributed by atoms with Crippen molar-refractivity contribution in [1.82, 2.24) is 4.98 Å². The lowest BCUT2D eigenvalue weighted by molar-refractivity contribution is -0.149. The quantitative estimate of drug-likeness (QED) is 0.655. The second-order valence-corrected chi connectivity index (χ2v) is 8.03. The monoisotopic (exact) mass is 420 g/mol. The van der Waals surface area contributed by atoms with Crippen molar-refractivity contribution in [3.05, 3.63) is 40.9 Å². The maximum Gasteiger partial charge on any atom is 0.344 e. The molecule has 0 fully saturated rings. The van der Waals surface area contributed by atoms with E-state index in [1.54, 1.807) is 17.5 Å². The number of thiazole rings is 1. The molecule has 2 rings (SSSR count). The molecule has 0 radical (unpaired) electrons. The largest absolute Gasteiger partial charge is 0.482 e. The number of hydrogen-bond acceptors (Lipinski definition) is 8. The fraction of sp³-hybridized carbons (Fsp3) is 0.400. The highest BCUT2D eigenvalue weighted by atomic mass is 32.1. The lowest BCUT2D eigenvalue weighted by Gasteiger charge is -2.19. The van der Waals surface area contributed by atoms with E-state index >= 15 is 0 Å². The number of methoxy groups -OCH3 is 1. The molecule has 8 nitrogen and oxygen atoms in total. The van der Waals surface area contributed by atoms with E-state index in [9.17, 15) is 14.4 Å². The molecule has 156 valence electrons. The van der Waals surface area contributed by atoms with E-state index in [2.05, 4.69) is 35.8 Å². The Hall–Kier alpha value is -2.94. The SMILES string of the molecule is COC(=O)Cc1csc(NC(=O)COC(=O)COc2ccc(C(C)(C)C)cc2)n1. The number of hydrogen-bond donors (Lipinski definition) is 1. The summed E-state index contributed by atoms with van der Waals surface area (Å²) in [4.78, 5) is 38.9. The van der Waals surface area contributed by atoms with Gasteiger partial charge in [-0.25, -0.2) is 9.78 Å². The molecule has 0 saturated carbocycles. The number of nitrogens with one attached hydrogen (secondary N) is 1. The van der Waals surface area contributed by atoms with Gasteiger partial charge >= 0.3 is 11.9 Å². The van der Waals surface area contributed by atoms with E-state index in [0.29, 0.717) is 16.6 Å². The van der Waals surface area contributed by atoms with E-state index < -0.39 is 24.5 Å². The Kier molecular flexibility index (Phi) is 7.72. The van der Waals surface area contributed by atoms with Gasteiger partial charge in [0.25, 0.3) is 5.91 Å². The number of carbonyl (C=O) groups excluding carboxylic acids is 3. The van der Waals surface area contributed by atoms with Crippen LogP contribution in [0.15, 0.2) is 29.6 Å². The molecule has 0 saturated heterocycles. The number of nitrogens with zero attached hydrogens (tertiary/aromatic N) is 1. The van der Waals surface area contributed by atoms with Crippen molar-refractivity contribution >= 4 is 34.3 Å². The summed E-state index contributed by atoms with van der Waals surface area (Å²) in [6.07, 6.45) is 0.0198. The first-order valence-electron chi connectivity index (χ1n) is 8.87. The van der Waals surface area contributed by atoms with E-state index in [-0.39, 0.29) is 18.4 Å². The van der Waals surface area contributed by atoms with Crippen LogP contribution in [0.3, 0.4) is 0 Å². The van der Waals surface area contributed by atoms with Gasteiger partial charge in [-0.15, -0.1) is 11.3 Å². The zero-order valence-electron chi connectivity index (χ0n) is 16.8. The molecule has 0 bridgehead atoms. The maximum atomic E-state index is 11.9. The molecule has 9 heteroatoms. The highest BCUT2D eigenvalue weighted by Gasteiger charge is 2.14.